The summed E-state index contributed by atoms with van der Waals surface area (Å²) in [4.78, 5) is 0. The number of unbranched alkanes of at least 4 members (excludes halogenated alkanes) is 10. The van der Waals surface area contributed by atoms with E-state index >= 15 is 0 Å². The maximum Gasteiger partial charge on any atom is 0.267 e. The maximum absolute atomic E-state index is 11.5. The van der Waals surface area contributed by atoms with Gasteiger partial charge in [0.2, 0.25) is 0 Å². The molecule has 0 aromatic rings. The highest BCUT2D eigenvalue weighted by atomic mass is 32.2. The fraction of sp³-hybridized carbons (Fsp3) is 1.00. The zero-order valence-corrected chi connectivity index (χ0v) is 16.7. The molecule has 0 amide bonds. The number of hydrogen-bond acceptors (Lipinski definition) is 3. The van der Waals surface area contributed by atoms with Crippen LogP contribution in [0.25, 0.3) is 0 Å². The van der Waals surface area contributed by atoms with E-state index in [0.29, 0.717) is 12.8 Å². The van der Waals surface area contributed by atoms with Crippen LogP contribution < -0.4 is 0 Å². The Kier molecular flexibility index (Phi) is 15.1. The largest absolute Gasteiger partial charge is 0.393 e. The first kappa shape index (κ1) is 23.9. The van der Waals surface area contributed by atoms with Gasteiger partial charge < -0.3 is 5.11 Å². The zero-order valence-electron chi connectivity index (χ0n) is 15.9. The number of aliphatic hydroxyl groups excluding tert-OH is 1. The van der Waals surface area contributed by atoms with E-state index in [-0.39, 0.29) is 6.42 Å². The van der Waals surface area contributed by atoms with Gasteiger partial charge in [0, 0.05) is 0 Å². The first-order valence-electron chi connectivity index (χ1n) is 10.1. The van der Waals surface area contributed by atoms with E-state index < -0.39 is 21.5 Å². The smallest absolute Gasteiger partial charge is 0.267 e. The van der Waals surface area contributed by atoms with Crippen LogP contribution in [0.15, 0.2) is 0 Å². The Bertz CT molecular complexity index is 368. The van der Waals surface area contributed by atoms with E-state index in [4.69, 9.17) is 0 Å². The summed E-state index contributed by atoms with van der Waals surface area (Å²) in [5.74, 6) is 0. The second kappa shape index (κ2) is 15.2. The SMILES string of the molecule is CCCCCCCCCCC(O)CC(CCCCCC)S(=O)(=O)O. The van der Waals surface area contributed by atoms with Gasteiger partial charge in [0.05, 0.1) is 11.4 Å². The van der Waals surface area contributed by atoms with Crippen LogP contribution in [-0.4, -0.2) is 29.4 Å². The van der Waals surface area contributed by atoms with Crippen molar-refractivity contribution in [3.63, 3.8) is 0 Å². The Morgan fingerprint density at radius 1 is 0.708 bits per heavy atom. The van der Waals surface area contributed by atoms with Crippen molar-refractivity contribution in [3.8, 4) is 0 Å². The molecule has 2 N–H and O–H groups in total. The lowest BCUT2D eigenvalue weighted by Gasteiger charge is -2.18. The molecule has 0 fully saturated rings. The van der Waals surface area contributed by atoms with E-state index in [1.807, 2.05) is 0 Å². The summed E-state index contributed by atoms with van der Waals surface area (Å²) < 4.78 is 32.3. The van der Waals surface area contributed by atoms with Gasteiger partial charge in [0.1, 0.15) is 0 Å². The molecule has 24 heavy (non-hydrogen) atoms. The van der Waals surface area contributed by atoms with E-state index in [0.717, 1.165) is 38.5 Å². The summed E-state index contributed by atoms with van der Waals surface area (Å²) in [6.45, 7) is 4.32. The van der Waals surface area contributed by atoms with Gasteiger partial charge in [-0.2, -0.15) is 8.42 Å². The molecule has 0 rings (SSSR count). The summed E-state index contributed by atoms with van der Waals surface area (Å²) in [5.41, 5.74) is 0. The molecule has 0 aliphatic rings. The molecule has 0 aromatic carbocycles. The molecule has 2 atom stereocenters. The van der Waals surface area contributed by atoms with Crippen molar-refractivity contribution < 1.29 is 18.1 Å². The van der Waals surface area contributed by atoms with Crippen molar-refractivity contribution in [1.29, 1.82) is 0 Å². The minimum Gasteiger partial charge on any atom is -0.393 e. The lowest BCUT2D eigenvalue weighted by atomic mass is 10.0. The molecule has 0 aliphatic heterocycles. The molecule has 0 saturated carbocycles. The quantitative estimate of drug-likeness (QED) is 0.264. The van der Waals surface area contributed by atoms with Crippen LogP contribution in [0, 0.1) is 0 Å². The van der Waals surface area contributed by atoms with Crippen molar-refractivity contribution in [3.05, 3.63) is 0 Å². The van der Waals surface area contributed by atoms with Gasteiger partial charge in [0.15, 0.2) is 0 Å². The molecule has 0 bridgehead atoms. The van der Waals surface area contributed by atoms with Crippen molar-refractivity contribution in [2.24, 2.45) is 0 Å². The van der Waals surface area contributed by atoms with E-state index in [1.54, 1.807) is 0 Å². The third-order valence-electron chi connectivity index (χ3n) is 4.73. The normalized spacial score (nSPS) is 14.7. The minimum atomic E-state index is -4.06. The highest BCUT2D eigenvalue weighted by molar-refractivity contribution is 7.86. The average molecular weight is 365 g/mol. The zero-order chi connectivity index (χ0) is 18.3. The maximum atomic E-state index is 11.5. The Labute approximate surface area is 150 Å². The third-order valence-corrected chi connectivity index (χ3v) is 6.00. The third kappa shape index (κ3) is 14.2. The fourth-order valence-electron chi connectivity index (χ4n) is 3.12. The number of hydrogen-bond donors (Lipinski definition) is 2. The molecular weight excluding hydrogens is 324 g/mol. The first-order chi connectivity index (χ1) is 11.4. The summed E-state index contributed by atoms with van der Waals surface area (Å²) in [5, 5.41) is 9.28. The van der Waals surface area contributed by atoms with Crippen LogP contribution in [0.2, 0.25) is 0 Å². The van der Waals surface area contributed by atoms with Gasteiger partial charge in [-0.1, -0.05) is 90.9 Å². The Hall–Kier alpha value is -0.130. The summed E-state index contributed by atoms with van der Waals surface area (Å²) >= 11 is 0. The lowest BCUT2D eigenvalue weighted by molar-refractivity contribution is 0.146. The average Bonchev–Trinajstić information content (AvgIpc) is 2.52. The Balaban J connectivity index is 3.87. The number of aliphatic hydroxyl groups is 1. The van der Waals surface area contributed by atoms with Gasteiger partial charge >= 0.3 is 0 Å². The van der Waals surface area contributed by atoms with Crippen molar-refractivity contribution in [2.45, 2.75) is 122 Å². The lowest BCUT2D eigenvalue weighted by Crippen LogP contribution is -2.26. The molecule has 0 heterocycles. The second-order valence-corrected chi connectivity index (χ2v) is 8.84. The predicted molar refractivity (Wildman–Crippen MR) is 102 cm³/mol. The van der Waals surface area contributed by atoms with Crippen LogP contribution in [0.1, 0.15) is 110 Å². The molecule has 0 aliphatic carbocycles. The van der Waals surface area contributed by atoms with Gasteiger partial charge in [-0.05, 0) is 19.3 Å². The van der Waals surface area contributed by atoms with E-state index in [2.05, 4.69) is 13.8 Å². The Morgan fingerprint density at radius 2 is 1.12 bits per heavy atom. The molecule has 5 heteroatoms. The van der Waals surface area contributed by atoms with Crippen molar-refractivity contribution >= 4 is 10.1 Å². The van der Waals surface area contributed by atoms with Crippen molar-refractivity contribution in [2.75, 3.05) is 0 Å². The molecule has 0 radical (unpaired) electrons. The molecule has 0 saturated heterocycles. The molecule has 0 spiro atoms. The first-order valence-corrected chi connectivity index (χ1v) is 11.6. The van der Waals surface area contributed by atoms with Crippen molar-refractivity contribution in [1.82, 2.24) is 0 Å². The monoisotopic (exact) mass is 364 g/mol. The van der Waals surface area contributed by atoms with Gasteiger partial charge in [-0.3, -0.25) is 4.55 Å². The van der Waals surface area contributed by atoms with Gasteiger partial charge in [0.25, 0.3) is 10.1 Å². The predicted octanol–water partition coefficient (Wildman–Crippen LogP) is 5.50. The molecule has 2 unspecified atom stereocenters. The van der Waals surface area contributed by atoms with E-state index in [1.165, 1.54) is 38.5 Å². The molecular formula is C19H40O4S. The molecule has 146 valence electrons. The second-order valence-electron chi connectivity index (χ2n) is 7.14. The highest BCUT2D eigenvalue weighted by Crippen LogP contribution is 2.19. The Morgan fingerprint density at radius 3 is 1.62 bits per heavy atom. The highest BCUT2D eigenvalue weighted by Gasteiger charge is 2.25. The van der Waals surface area contributed by atoms with Gasteiger partial charge in [-0.15, -0.1) is 0 Å². The molecule has 4 nitrogen and oxygen atoms in total. The van der Waals surface area contributed by atoms with Crippen LogP contribution in [0.5, 0.6) is 0 Å². The summed E-state index contributed by atoms with van der Waals surface area (Å²) in [7, 11) is -4.06. The summed E-state index contributed by atoms with van der Waals surface area (Å²) in [6.07, 6.45) is 14.2. The topological polar surface area (TPSA) is 74.6 Å². The summed E-state index contributed by atoms with van der Waals surface area (Å²) in [6, 6.07) is 0. The van der Waals surface area contributed by atoms with E-state index in [9.17, 15) is 18.1 Å². The van der Waals surface area contributed by atoms with Crippen LogP contribution in [-0.2, 0) is 10.1 Å². The fourth-order valence-corrected chi connectivity index (χ4v) is 4.05. The number of rotatable bonds is 17. The van der Waals surface area contributed by atoms with Crippen LogP contribution in [0.4, 0.5) is 0 Å². The van der Waals surface area contributed by atoms with Crippen LogP contribution >= 0.6 is 0 Å². The minimum absolute atomic E-state index is 0.168. The molecule has 0 aromatic heterocycles. The van der Waals surface area contributed by atoms with Gasteiger partial charge in [-0.25, -0.2) is 0 Å². The van der Waals surface area contributed by atoms with Crippen LogP contribution in [0.3, 0.4) is 0 Å². The standard InChI is InChI=1S/C19H40O4S/c1-3-5-7-9-10-11-12-13-15-18(20)17-19(24(21,22)23)16-14-8-6-4-2/h18-20H,3-17H2,1-2H3,(H,21,22,23).